The standard InChI is InChI=1S/C27H31ClN4O4.C3H8.C2H6/c1-3-36-27(35)23-24(21-7-4-5-8-22(21)32(26(23)34)14-6-13-29-2)30-15-17-31(18-16-30)25(33)19-9-11-20(28)12-10-19;1-3-2;1-2/h4-5,7-12,29H,3,6,13-18H2,1-2H3;3H2,1-2H3;1-2H3. The van der Waals surface area contributed by atoms with E-state index < -0.39 is 5.97 Å². The number of anilines is 1. The lowest BCUT2D eigenvalue weighted by Crippen LogP contribution is -2.49. The number of nitrogens with zero attached hydrogens (tertiary/aromatic N) is 3. The molecule has 0 aliphatic carbocycles. The van der Waals surface area contributed by atoms with Crippen LogP contribution >= 0.6 is 11.6 Å². The fourth-order valence-electron chi connectivity index (χ4n) is 4.65. The average Bonchev–Trinajstić information content (AvgIpc) is 2.99. The molecule has 224 valence electrons. The number of piperazine rings is 1. The van der Waals surface area contributed by atoms with Crippen molar-refractivity contribution >= 4 is 40.1 Å². The number of halogens is 1. The van der Waals surface area contributed by atoms with Crippen LogP contribution in [0.25, 0.3) is 10.9 Å². The Morgan fingerprint density at radius 2 is 1.56 bits per heavy atom. The van der Waals surface area contributed by atoms with E-state index >= 15 is 0 Å². The van der Waals surface area contributed by atoms with Crippen molar-refractivity contribution in [1.82, 2.24) is 14.8 Å². The zero-order valence-electron chi connectivity index (χ0n) is 25.3. The molecule has 1 aliphatic heterocycles. The van der Waals surface area contributed by atoms with Gasteiger partial charge in [0, 0.05) is 48.7 Å². The van der Waals surface area contributed by atoms with Crippen LogP contribution in [0.15, 0.2) is 53.3 Å². The third-order valence-electron chi connectivity index (χ3n) is 6.41. The van der Waals surface area contributed by atoms with Gasteiger partial charge in [-0.05, 0) is 57.3 Å². The number of rotatable bonds is 8. The first-order valence-electron chi connectivity index (χ1n) is 14.6. The second-order valence-corrected chi connectivity index (χ2v) is 9.80. The highest BCUT2D eigenvalue weighted by molar-refractivity contribution is 6.30. The molecule has 0 bridgehead atoms. The van der Waals surface area contributed by atoms with E-state index in [0.717, 1.165) is 23.9 Å². The second kappa shape index (κ2) is 17.5. The smallest absolute Gasteiger partial charge is 0.345 e. The summed E-state index contributed by atoms with van der Waals surface area (Å²) in [4.78, 5) is 43.6. The van der Waals surface area contributed by atoms with Crippen molar-refractivity contribution in [1.29, 1.82) is 0 Å². The summed E-state index contributed by atoms with van der Waals surface area (Å²) in [5, 5.41) is 4.50. The number of hydrogen-bond acceptors (Lipinski definition) is 6. The average molecular weight is 585 g/mol. The monoisotopic (exact) mass is 584 g/mol. The molecule has 0 atom stereocenters. The number of aryl methyl sites for hydroxylation is 1. The number of esters is 1. The zero-order valence-corrected chi connectivity index (χ0v) is 26.1. The van der Waals surface area contributed by atoms with E-state index in [1.54, 1.807) is 40.7 Å². The molecule has 9 heteroatoms. The zero-order chi connectivity index (χ0) is 30.4. The number of aromatic nitrogens is 1. The normalized spacial score (nSPS) is 12.7. The molecule has 8 nitrogen and oxygen atoms in total. The van der Waals surface area contributed by atoms with Crippen LogP contribution in [-0.4, -0.2) is 67.7 Å². The van der Waals surface area contributed by atoms with Gasteiger partial charge in [0.25, 0.3) is 11.5 Å². The molecule has 41 heavy (non-hydrogen) atoms. The number of amides is 1. The molecule has 2 heterocycles. The Hall–Kier alpha value is -3.36. The fourth-order valence-corrected chi connectivity index (χ4v) is 4.78. The third kappa shape index (κ3) is 8.57. The van der Waals surface area contributed by atoms with E-state index in [4.69, 9.17) is 16.3 Å². The number of ether oxygens (including phenoxy) is 1. The van der Waals surface area contributed by atoms with Crippen LogP contribution in [-0.2, 0) is 11.3 Å². The van der Waals surface area contributed by atoms with Gasteiger partial charge in [-0.1, -0.05) is 63.9 Å². The molecule has 1 aromatic heterocycles. The number of pyridine rings is 1. The van der Waals surface area contributed by atoms with Crippen molar-refractivity contribution < 1.29 is 14.3 Å². The number of para-hydroxylation sites is 1. The SMILES string of the molecule is CC.CCC.CCOC(=O)c1c(N2CCN(C(=O)c3ccc(Cl)cc3)CC2)c2ccccc2n(CCCNC)c1=O. The minimum atomic E-state index is -0.620. The maximum absolute atomic E-state index is 13.7. The number of fused-ring (bicyclic) bond motifs is 1. The summed E-state index contributed by atoms with van der Waals surface area (Å²) in [6.07, 6.45) is 1.99. The highest BCUT2D eigenvalue weighted by atomic mass is 35.5. The first-order valence-corrected chi connectivity index (χ1v) is 15.0. The van der Waals surface area contributed by atoms with Gasteiger partial charge in [-0.2, -0.15) is 0 Å². The molecule has 1 N–H and O–H groups in total. The predicted molar refractivity (Wildman–Crippen MR) is 170 cm³/mol. The Balaban J connectivity index is 0.00000110. The first kappa shape index (κ1) is 33.8. The number of hydrogen-bond donors (Lipinski definition) is 1. The van der Waals surface area contributed by atoms with E-state index in [2.05, 4.69) is 19.2 Å². The van der Waals surface area contributed by atoms with Gasteiger partial charge in [0.2, 0.25) is 0 Å². The Kier molecular flexibility index (Phi) is 14.4. The molecular formula is C32H45ClN4O4. The van der Waals surface area contributed by atoms with Gasteiger partial charge in [-0.15, -0.1) is 0 Å². The summed E-state index contributed by atoms with van der Waals surface area (Å²) in [6.45, 7) is 13.3. The minimum Gasteiger partial charge on any atom is -0.462 e. The molecule has 1 amide bonds. The molecule has 3 aromatic rings. The third-order valence-corrected chi connectivity index (χ3v) is 6.66. The van der Waals surface area contributed by atoms with E-state index in [-0.39, 0.29) is 23.6 Å². The number of carbonyl (C=O) groups is 2. The van der Waals surface area contributed by atoms with Gasteiger partial charge in [0.1, 0.15) is 5.56 Å². The lowest BCUT2D eigenvalue weighted by atomic mass is 10.1. The summed E-state index contributed by atoms with van der Waals surface area (Å²) in [5.74, 6) is -0.688. The van der Waals surface area contributed by atoms with Gasteiger partial charge < -0.3 is 24.4 Å². The highest BCUT2D eigenvalue weighted by Gasteiger charge is 2.30. The quantitative estimate of drug-likeness (QED) is 0.264. The molecule has 0 unspecified atom stereocenters. The van der Waals surface area contributed by atoms with Crippen molar-refractivity contribution in [2.24, 2.45) is 0 Å². The predicted octanol–water partition coefficient (Wildman–Crippen LogP) is 5.85. The molecule has 1 fully saturated rings. The fraction of sp³-hybridized carbons (Fsp3) is 0.469. The summed E-state index contributed by atoms with van der Waals surface area (Å²) < 4.78 is 7.00. The molecule has 4 rings (SSSR count). The maximum atomic E-state index is 13.7. The van der Waals surface area contributed by atoms with Crippen molar-refractivity contribution in [3.8, 4) is 0 Å². The van der Waals surface area contributed by atoms with Crippen molar-refractivity contribution in [3.63, 3.8) is 0 Å². The van der Waals surface area contributed by atoms with Gasteiger partial charge >= 0.3 is 5.97 Å². The van der Waals surface area contributed by atoms with Crippen LogP contribution < -0.4 is 15.8 Å². The lowest BCUT2D eigenvalue weighted by Gasteiger charge is -2.37. The lowest BCUT2D eigenvalue weighted by molar-refractivity contribution is 0.0523. The first-order chi connectivity index (χ1) is 19.9. The van der Waals surface area contributed by atoms with Gasteiger partial charge in [-0.25, -0.2) is 4.79 Å². The van der Waals surface area contributed by atoms with Crippen LogP contribution in [0.2, 0.25) is 5.02 Å². The van der Waals surface area contributed by atoms with E-state index in [0.29, 0.717) is 49.0 Å². The molecular weight excluding hydrogens is 540 g/mol. The Labute approximate surface area is 249 Å². The summed E-state index contributed by atoms with van der Waals surface area (Å²) in [7, 11) is 1.87. The minimum absolute atomic E-state index is 0.0532. The van der Waals surface area contributed by atoms with Gasteiger partial charge in [0.05, 0.1) is 17.8 Å². The molecule has 0 radical (unpaired) electrons. The summed E-state index contributed by atoms with van der Waals surface area (Å²) in [6, 6.07) is 14.5. The van der Waals surface area contributed by atoms with Crippen molar-refractivity contribution in [2.75, 3.05) is 51.3 Å². The Morgan fingerprint density at radius 3 is 2.15 bits per heavy atom. The second-order valence-electron chi connectivity index (χ2n) is 9.37. The van der Waals surface area contributed by atoms with E-state index in [1.165, 1.54) is 6.42 Å². The van der Waals surface area contributed by atoms with Gasteiger partial charge in [0.15, 0.2) is 0 Å². The molecule has 0 saturated carbocycles. The number of benzene rings is 2. The van der Waals surface area contributed by atoms with Gasteiger partial charge in [-0.3, -0.25) is 9.59 Å². The van der Waals surface area contributed by atoms with Crippen molar-refractivity contribution in [2.45, 2.75) is 54.0 Å². The maximum Gasteiger partial charge on any atom is 0.345 e. The molecule has 1 aliphatic rings. The van der Waals surface area contributed by atoms with Crippen LogP contribution in [0.1, 0.15) is 68.2 Å². The largest absolute Gasteiger partial charge is 0.462 e. The molecule has 2 aromatic carbocycles. The number of nitrogens with one attached hydrogen (secondary N) is 1. The topological polar surface area (TPSA) is 83.9 Å². The Morgan fingerprint density at radius 1 is 0.951 bits per heavy atom. The summed E-state index contributed by atoms with van der Waals surface area (Å²) in [5.41, 5.74) is 1.64. The van der Waals surface area contributed by atoms with Crippen molar-refractivity contribution in [3.05, 3.63) is 75.0 Å². The van der Waals surface area contributed by atoms with Crippen LogP contribution in [0.5, 0.6) is 0 Å². The molecule has 1 saturated heterocycles. The number of carbonyl (C=O) groups excluding carboxylic acids is 2. The Bertz CT molecular complexity index is 1320. The van der Waals surface area contributed by atoms with E-state index in [9.17, 15) is 14.4 Å². The highest BCUT2D eigenvalue weighted by Crippen LogP contribution is 2.31. The summed E-state index contributed by atoms with van der Waals surface area (Å²) >= 11 is 5.96. The van der Waals surface area contributed by atoms with E-state index in [1.807, 2.05) is 50.1 Å². The molecule has 0 spiro atoms. The van der Waals surface area contributed by atoms with Crippen LogP contribution in [0.3, 0.4) is 0 Å². The van der Waals surface area contributed by atoms with Crippen LogP contribution in [0, 0.1) is 0 Å². The van der Waals surface area contributed by atoms with Crippen LogP contribution in [0.4, 0.5) is 5.69 Å².